The van der Waals surface area contributed by atoms with Crippen molar-refractivity contribution in [3.63, 3.8) is 0 Å². The van der Waals surface area contributed by atoms with Crippen LogP contribution in [0.15, 0.2) is 53.4 Å². The van der Waals surface area contributed by atoms with Crippen molar-refractivity contribution in [2.24, 2.45) is 5.92 Å². The number of rotatable bonds is 8. The average molecular weight is 375 g/mol. The number of amides is 1. The third-order valence-electron chi connectivity index (χ3n) is 4.02. The number of nitrogens with one attached hydrogen (secondary N) is 2. The molecule has 140 valence electrons. The van der Waals surface area contributed by atoms with Crippen LogP contribution < -0.4 is 10.0 Å². The Hall–Kier alpha value is -2.18. The zero-order valence-electron chi connectivity index (χ0n) is 15.5. The van der Waals surface area contributed by atoms with Gasteiger partial charge in [-0.15, -0.1) is 0 Å². The van der Waals surface area contributed by atoms with E-state index in [1.807, 2.05) is 6.92 Å². The van der Waals surface area contributed by atoms with E-state index in [9.17, 15) is 13.2 Å². The van der Waals surface area contributed by atoms with Crippen molar-refractivity contribution >= 4 is 15.9 Å². The van der Waals surface area contributed by atoms with Gasteiger partial charge in [0.2, 0.25) is 10.0 Å². The number of aryl methyl sites for hydroxylation is 1. The second kappa shape index (κ2) is 8.96. The Morgan fingerprint density at radius 3 is 2.19 bits per heavy atom. The van der Waals surface area contributed by atoms with Crippen molar-refractivity contribution in [2.45, 2.75) is 38.6 Å². The Labute approximate surface area is 155 Å². The standard InChI is InChI=1S/C20H26N2O3S/c1-15(2)12-13-21-20(23)18-8-6-17(7-9-18)14-22-26(24,25)19-10-4-16(3)5-11-19/h4-11,15,22H,12-14H2,1-3H3,(H,21,23). The molecule has 0 bridgehead atoms. The van der Waals surface area contributed by atoms with Crippen LogP contribution in [0.3, 0.4) is 0 Å². The fourth-order valence-electron chi connectivity index (χ4n) is 2.33. The first-order chi connectivity index (χ1) is 12.3. The monoisotopic (exact) mass is 374 g/mol. The van der Waals surface area contributed by atoms with Crippen LogP contribution in [-0.2, 0) is 16.6 Å². The van der Waals surface area contributed by atoms with Gasteiger partial charge in [0.15, 0.2) is 0 Å². The Balaban J connectivity index is 1.92. The Morgan fingerprint density at radius 2 is 1.62 bits per heavy atom. The number of carbonyl (C=O) groups excluding carboxylic acids is 1. The highest BCUT2D eigenvalue weighted by molar-refractivity contribution is 7.89. The highest BCUT2D eigenvalue weighted by Crippen LogP contribution is 2.11. The van der Waals surface area contributed by atoms with Gasteiger partial charge in [0.1, 0.15) is 0 Å². The summed E-state index contributed by atoms with van der Waals surface area (Å²) in [6.07, 6.45) is 0.935. The lowest BCUT2D eigenvalue weighted by Gasteiger charge is -2.09. The van der Waals surface area contributed by atoms with Gasteiger partial charge in [0.25, 0.3) is 5.91 Å². The number of benzene rings is 2. The molecule has 26 heavy (non-hydrogen) atoms. The lowest BCUT2D eigenvalue weighted by molar-refractivity contribution is 0.0952. The summed E-state index contributed by atoms with van der Waals surface area (Å²) < 4.78 is 27.2. The lowest BCUT2D eigenvalue weighted by Crippen LogP contribution is -2.25. The number of hydrogen-bond acceptors (Lipinski definition) is 3. The van der Waals surface area contributed by atoms with Gasteiger partial charge in [-0.3, -0.25) is 4.79 Å². The van der Waals surface area contributed by atoms with Crippen LogP contribution in [0.2, 0.25) is 0 Å². The molecular formula is C20H26N2O3S. The normalized spacial score (nSPS) is 11.5. The van der Waals surface area contributed by atoms with E-state index in [0.29, 0.717) is 18.0 Å². The molecule has 2 aromatic carbocycles. The minimum absolute atomic E-state index is 0.113. The van der Waals surface area contributed by atoms with Crippen molar-refractivity contribution in [1.82, 2.24) is 10.0 Å². The first-order valence-electron chi connectivity index (χ1n) is 8.71. The highest BCUT2D eigenvalue weighted by atomic mass is 32.2. The van der Waals surface area contributed by atoms with E-state index in [0.717, 1.165) is 17.5 Å². The molecule has 6 heteroatoms. The Kier molecular flexibility index (Phi) is 6.94. The first kappa shape index (κ1) is 20.1. The van der Waals surface area contributed by atoms with E-state index in [1.54, 1.807) is 48.5 Å². The molecule has 0 unspecified atom stereocenters. The summed E-state index contributed by atoms with van der Waals surface area (Å²) >= 11 is 0. The molecule has 0 aromatic heterocycles. The molecule has 1 amide bonds. The Morgan fingerprint density at radius 1 is 1.00 bits per heavy atom. The molecule has 5 nitrogen and oxygen atoms in total. The molecule has 2 N–H and O–H groups in total. The van der Waals surface area contributed by atoms with E-state index in [4.69, 9.17) is 0 Å². The predicted molar refractivity (Wildman–Crippen MR) is 103 cm³/mol. The molecule has 0 atom stereocenters. The lowest BCUT2D eigenvalue weighted by atomic mass is 10.1. The maximum absolute atomic E-state index is 12.3. The van der Waals surface area contributed by atoms with E-state index in [2.05, 4.69) is 23.9 Å². The summed E-state index contributed by atoms with van der Waals surface area (Å²) in [7, 11) is -3.55. The second-order valence-corrected chi connectivity index (χ2v) is 8.54. The van der Waals surface area contributed by atoms with Crippen LogP contribution in [0.1, 0.15) is 41.8 Å². The summed E-state index contributed by atoms with van der Waals surface area (Å²) in [5, 5.41) is 2.88. The molecule has 0 fully saturated rings. The van der Waals surface area contributed by atoms with Gasteiger partial charge in [0.05, 0.1) is 4.90 Å². The van der Waals surface area contributed by atoms with E-state index < -0.39 is 10.0 Å². The molecule has 0 aliphatic rings. The minimum Gasteiger partial charge on any atom is -0.352 e. The molecule has 2 rings (SSSR count). The summed E-state index contributed by atoms with van der Waals surface area (Å²) in [5.74, 6) is 0.427. The zero-order chi connectivity index (χ0) is 19.2. The predicted octanol–water partition coefficient (Wildman–Crippen LogP) is 3.25. The molecule has 2 aromatic rings. The summed E-state index contributed by atoms with van der Waals surface area (Å²) in [4.78, 5) is 12.3. The molecular weight excluding hydrogens is 348 g/mol. The van der Waals surface area contributed by atoms with Crippen molar-refractivity contribution in [3.8, 4) is 0 Å². The summed E-state index contributed by atoms with van der Waals surface area (Å²) in [6, 6.07) is 13.6. The number of sulfonamides is 1. The minimum atomic E-state index is -3.55. The molecule has 0 radical (unpaired) electrons. The molecule has 0 saturated heterocycles. The fourth-order valence-corrected chi connectivity index (χ4v) is 3.35. The second-order valence-electron chi connectivity index (χ2n) is 6.77. The van der Waals surface area contributed by atoms with Crippen LogP contribution in [0.25, 0.3) is 0 Å². The average Bonchev–Trinajstić information content (AvgIpc) is 2.60. The topological polar surface area (TPSA) is 75.3 Å². The third-order valence-corrected chi connectivity index (χ3v) is 5.44. The largest absolute Gasteiger partial charge is 0.352 e. The highest BCUT2D eigenvalue weighted by Gasteiger charge is 2.13. The number of carbonyl (C=O) groups is 1. The number of hydrogen-bond donors (Lipinski definition) is 2. The smallest absolute Gasteiger partial charge is 0.251 e. The fraction of sp³-hybridized carbons (Fsp3) is 0.350. The van der Waals surface area contributed by atoms with Gasteiger partial charge in [-0.25, -0.2) is 13.1 Å². The maximum atomic E-state index is 12.3. The van der Waals surface area contributed by atoms with Crippen LogP contribution in [0.5, 0.6) is 0 Å². The quantitative estimate of drug-likeness (QED) is 0.745. The molecule has 0 heterocycles. The van der Waals surface area contributed by atoms with Gasteiger partial charge in [-0.2, -0.15) is 0 Å². The van der Waals surface area contributed by atoms with Gasteiger partial charge in [-0.05, 0) is 49.1 Å². The first-order valence-corrected chi connectivity index (χ1v) is 10.2. The summed E-state index contributed by atoms with van der Waals surface area (Å²) in [5.41, 5.74) is 2.37. The van der Waals surface area contributed by atoms with Crippen molar-refractivity contribution in [3.05, 3.63) is 65.2 Å². The zero-order valence-corrected chi connectivity index (χ0v) is 16.3. The van der Waals surface area contributed by atoms with Crippen molar-refractivity contribution in [2.75, 3.05) is 6.54 Å². The van der Waals surface area contributed by atoms with Crippen LogP contribution in [0, 0.1) is 12.8 Å². The SMILES string of the molecule is Cc1ccc(S(=O)(=O)NCc2ccc(C(=O)NCCC(C)C)cc2)cc1. The van der Waals surface area contributed by atoms with Crippen molar-refractivity contribution < 1.29 is 13.2 Å². The summed E-state index contributed by atoms with van der Waals surface area (Å²) in [6.45, 7) is 6.95. The van der Waals surface area contributed by atoms with Gasteiger partial charge in [0, 0.05) is 18.7 Å². The van der Waals surface area contributed by atoms with Gasteiger partial charge in [-0.1, -0.05) is 43.7 Å². The van der Waals surface area contributed by atoms with Crippen LogP contribution in [0.4, 0.5) is 0 Å². The molecule has 0 saturated carbocycles. The van der Waals surface area contributed by atoms with E-state index in [1.165, 1.54) is 0 Å². The molecule has 0 aliphatic carbocycles. The third kappa shape index (κ3) is 5.97. The van der Waals surface area contributed by atoms with Crippen LogP contribution >= 0.6 is 0 Å². The van der Waals surface area contributed by atoms with Gasteiger partial charge >= 0.3 is 0 Å². The van der Waals surface area contributed by atoms with Crippen LogP contribution in [-0.4, -0.2) is 20.9 Å². The van der Waals surface area contributed by atoms with E-state index >= 15 is 0 Å². The van der Waals surface area contributed by atoms with Gasteiger partial charge < -0.3 is 5.32 Å². The van der Waals surface area contributed by atoms with Crippen molar-refractivity contribution in [1.29, 1.82) is 0 Å². The molecule has 0 aliphatic heterocycles. The maximum Gasteiger partial charge on any atom is 0.251 e. The molecule has 0 spiro atoms. The van der Waals surface area contributed by atoms with E-state index in [-0.39, 0.29) is 17.3 Å². The Bertz CT molecular complexity index is 826.